The van der Waals surface area contributed by atoms with Crippen LogP contribution in [0.2, 0.25) is 0 Å². The summed E-state index contributed by atoms with van der Waals surface area (Å²) in [5.41, 5.74) is 9.10. The third kappa shape index (κ3) is 5.62. The number of benzene rings is 2. The van der Waals surface area contributed by atoms with Gasteiger partial charge in [0.2, 0.25) is 5.91 Å². The van der Waals surface area contributed by atoms with Crippen LogP contribution in [-0.4, -0.2) is 42.7 Å². The second-order valence-electron chi connectivity index (χ2n) is 7.32. The van der Waals surface area contributed by atoms with Gasteiger partial charge >= 0.3 is 0 Å². The largest absolute Gasteiger partial charge is 0.507 e. The molecule has 0 bridgehead atoms. The van der Waals surface area contributed by atoms with Crippen molar-refractivity contribution in [2.45, 2.75) is 26.4 Å². The van der Waals surface area contributed by atoms with E-state index < -0.39 is 5.91 Å². The van der Waals surface area contributed by atoms with Gasteiger partial charge in [0.1, 0.15) is 5.75 Å². The van der Waals surface area contributed by atoms with Gasteiger partial charge in [-0.15, -0.1) is 0 Å². The third-order valence-corrected chi connectivity index (χ3v) is 5.02. The van der Waals surface area contributed by atoms with Crippen molar-refractivity contribution in [2.75, 3.05) is 36.1 Å². The van der Waals surface area contributed by atoms with Crippen molar-refractivity contribution in [3.05, 3.63) is 53.1 Å². The Morgan fingerprint density at radius 2 is 2.10 bits per heavy atom. The highest BCUT2D eigenvalue weighted by molar-refractivity contribution is 6.09. The summed E-state index contributed by atoms with van der Waals surface area (Å²) in [4.78, 5) is 24.4. The molecular weight excluding hydrogens is 396 g/mol. The van der Waals surface area contributed by atoms with Crippen LogP contribution in [-0.2, 0) is 9.53 Å². The zero-order valence-corrected chi connectivity index (χ0v) is 17.7. The van der Waals surface area contributed by atoms with E-state index >= 15 is 0 Å². The maximum atomic E-state index is 12.8. The predicted molar refractivity (Wildman–Crippen MR) is 122 cm³/mol. The van der Waals surface area contributed by atoms with Gasteiger partial charge in [-0.05, 0) is 42.8 Å². The molecule has 1 unspecified atom stereocenters. The van der Waals surface area contributed by atoms with E-state index in [1.807, 2.05) is 13.0 Å². The zero-order chi connectivity index (χ0) is 22.4. The number of nitrogen functional groups attached to an aromatic ring is 1. The molecule has 1 atom stereocenters. The number of phenols is 1. The van der Waals surface area contributed by atoms with Crippen LogP contribution in [0.3, 0.4) is 0 Å². The monoisotopic (exact) mass is 424 g/mol. The van der Waals surface area contributed by atoms with Crippen LogP contribution in [0.15, 0.2) is 36.4 Å². The smallest absolute Gasteiger partial charge is 0.257 e. The lowest BCUT2D eigenvalue weighted by Gasteiger charge is -2.20. The summed E-state index contributed by atoms with van der Waals surface area (Å²) in [6.07, 6.45) is 3.75. The Balaban J connectivity index is 1.76. The number of aryl methyl sites for hydroxylation is 1. The molecule has 1 aliphatic heterocycles. The molecule has 0 spiro atoms. The SMILES string of the molecule is CCC(=O)Nc1ccc(NC(=O)c2ccc(O)c(/C=C/C3CNCCO3)c2N)cc1C. The molecule has 8 heteroatoms. The molecule has 0 radical (unpaired) electrons. The van der Waals surface area contributed by atoms with Gasteiger partial charge in [0, 0.05) is 36.4 Å². The van der Waals surface area contributed by atoms with E-state index in [1.165, 1.54) is 12.1 Å². The minimum absolute atomic E-state index is 0.0130. The Labute approximate surface area is 181 Å². The van der Waals surface area contributed by atoms with Gasteiger partial charge < -0.3 is 31.5 Å². The van der Waals surface area contributed by atoms with Crippen LogP contribution < -0.4 is 21.7 Å². The normalized spacial score (nSPS) is 16.3. The topological polar surface area (TPSA) is 126 Å². The van der Waals surface area contributed by atoms with Crippen molar-refractivity contribution >= 4 is 35.0 Å². The summed E-state index contributed by atoms with van der Waals surface area (Å²) < 4.78 is 5.61. The van der Waals surface area contributed by atoms with Crippen LogP contribution in [0.1, 0.15) is 34.8 Å². The average molecular weight is 425 g/mol. The number of phenolic OH excluding ortho intramolecular Hbond substituents is 1. The number of morpholine rings is 1. The first-order valence-corrected chi connectivity index (χ1v) is 10.2. The molecule has 1 fully saturated rings. The van der Waals surface area contributed by atoms with E-state index in [4.69, 9.17) is 10.5 Å². The van der Waals surface area contributed by atoms with Crippen LogP contribution in [0.4, 0.5) is 17.1 Å². The summed E-state index contributed by atoms with van der Waals surface area (Å²) in [5.74, 6) is -0.486. The molecule has 0 aromatic heterocycles. The fourth-order valence-electron chi connectivity index (χ4n) is 3.23. The lowest BCUT2D eigenvalue weighted by atomic mass is 10.0. The van der Waals surface area contributed by atoms with Gasteiger partial charge in [-0.25, -0.2) is 0 Å². The average Bonchev–Trinajstić information content (AvgIpc) is 2.76. The lowest BCUT2D eigenvalue weighted by molar-refractivity contribution is -0.115. The quantitative estimate of drug-likeness (QED) is 0.454. The number of rotatable bonds is 6. The second kappa shape index (κ2) is 10.1. The Morgan fingerprint density at radius 3 is 2.77 bits per heavy atom. The second-order valence-corrected chi connectivity index (χ2v) is 7.32. The maximum absolute atomic E-state index is 12.8. The van der Waals surface area contributed by atoms with Crippen molar-refractivity contribution in [3.8, 4) is 5.75 Å². The Morgan fingerprint density at radius 1 is 1.29 bits per heavy atom. The van der Waals surface area contributed by atoms with Gasteiger partial charge in [0.25, 0.3) is 5.91 Å². The molecule has 2 amide bonds. The molecular formula is C23H28N4O4. The van der Waals surface area contributed by atoms with Gasteiger partial charge in [-0.3, -0.25) is 9.59 Å². The van der Waals surface area contributed by atoms with E-state index in [-0.39, 0.29) is 29.0 Å². The van der Waals surface area contributed by atoms with E-state index in [0.717, 1.165) is 12.1 Å². The van der Waals surface area contributed by atoms with Crippen molar-refractivity contribution in [2.24, 2.45) is 0 Å². The lowest BCUT2D eigenvalue weighted by Crippen LogP contribution is -2.37. The minimum Gasteiger partial charge on any atom is -0.507 e. The van der Waals surface area contributed by atoms with E-state index in [2.05, 4.69) is 16.0 Å². The highest BCUT2D eigenvalue weighted by Gasteiger charge is 2.16. The number of hydrogen-bond acceptors (Lipinski definition) is 6. The maximum Gasteiger partial charge on any atom is 0.257 e. The summed E-state index contributed by atoms with van der Waals surface area (Å²) in [5, 5.41) is 19.1. The Hall–Kier alpha value is -3.36. The summed E-state index contributed by atoms with van der Waals surface area (Å²) in [6, 6.07) is 8.15. The predicted octanol–water partition coefficient (Wildman–Crippen LogP) is 2.89. The molecule has 1 saturated heterocycles. The molecule has 3 rings (SSSR count). The number of amides is 2. The van der Waals surface area contributed by atoms with Crippen LogP contribution in [0, 0.1) is 6.92 Å². The number of aromatic hydroxyl groups is 1. The molecule has 1 heterocycles. The minimum atomic E-state index is -0.396. The number of nitrogens with two attached hydrogens (primary N) is 1. The van der Waals surface area contributed by atoms with E-state index in [9.17, 15) is 14.7 Å². The van der Waals surface area contributed by atoms with E-state index in [0.29, 0.717) is 36.5 Å². The summed E-state index contributed by atoms with van der Waals surface area (Å²) >= 11 is 0. The number of ether oxygens (including phenoxy) is 1. The molecule has 2 aromatic rings. The molecule has 164 valence electrons. The molecule has 2 aromatic carbocycles. The molecule has 8 nitrogen and oxygen atoms in total. The number of anilines is 3. The fraction of sp³-hybridized carbons (Fsp3) is 0.304. The molecule has 1 aliphatic rings. The Bertz CT molecular complexity index is 997. The highest BCUT2D eigenvalue weighted by atomic mass is 16.5. The Kier molecular flexibility index (Phi) is 7.28. The fourth-order valence-corrected chi connectivity index (χ4v) is 3.23. The molecule has 0 saturated carbocycles. The van der Waals surface area contributed by atoms with Crippen LogP contribution >= 0.6 is 0 Å². The van der Waals surface area contributed by atoms with E-state index in [1.54, 1.807) is 31.2 Å². The van der Waals surface area contributed by atoms with Gasteiger partial charge in [0.15, 0.2) is 0 Å². The van der Waals surface area contributed by atoms with Gasteiger partial charge in [-0.2, -0.15) is 0 Å². The van der Waals surface area contributed by atoms with Crippen molar-refractivity contribution < 1.29 is 19.4 Å². The van der Waals surface area contributed by atoms with Crippen LogP contribution in [0.25, 0.3) is 6.08 Å². The standard InChI is InChI=1S/C23H28N4O4/c1-3-21(29)27-19-8-4-15(12-14(19)2)26-23(30)18-7-9-20(28)17(22(18)24)6-5-16-13-25-10-11-31-16/h4-9,12,16,25,28H,3,10-11,13,24H2,1-2H3,(H,26,30)(H,27,29)/b6-5+. The number of carbonyl (C=O) groups is 2. The van der Waals surface area contributed by atoms with Gasteiger partial charge in [-0.1, -0.05) is 19.1 Å². The van der Waals surface area contributed by atoms with Gasteiger partial charge in [0.05, 0.1) is 24.0 Å². The molecule has 6 N–H and O–H groups in total. The number of hydrogen-bond donors (Lipinski definition) is 5. The number of carbonyl (C=O) groups excluding carboxylic acids is 2. The van der Waals surface area contributed by atoms with Crippen molar-refractivity contribution in [3.63, 3.8) is 0 Å². The summed E-state index contributed by atoms with van der Waals surface area (Å²) in [6.45, 7) is 5.72. The summed E-state index contributed by atoms with van der Waals surface area (Å²) in [7, 11) is 0. The number of nitrogens with one attached hydrogen (secondary N) is 3. The van der Waals surface area contributed by atoms with Crippen molar-refractivity contribution in [1.82, 2.24) is 5.32 Å². The third-order valence-electron chi connectivity index (χ3n) is 5.02. The van der Waals surface area contributed by atoms with Crippen molar-refractivity contribution in [1.29, 1.82) is 0 Å². The first-order valence-electron chi connectivity index (χ1n) is 10.2. The highest BCUT2D eigenvalue weighted by Crippen LogP contribution is 2.29. The van der Waals surface area contributed by atoms with Crippen LogP contribution in [0.5, 0.6) is 5.75 Å². The molecule has 0 aliphatic carbocycles. The molecule has 31 heavy (non-hydrogen) atoms. The first kappa shape index (κ1) is 22.3. The first-order chi connectivity index (χ1) is 14.9. The zero-order valence-electron chi connectivity index (χ0n) is 17.7.